The predicted octanol–water partition coefficient (Wildman–Crippen LogP) is 1.10. The number of ether oxygens (including phenoxy) is 1. The fourth-order valence-electron chi connectivity index (χ4n) is 3.50. The average molecular weight is 462 g/mol. The van der Waals surface area contributed by atoms with E-state index in [1.54, 1.807) is 6.92 Å². The van der Waals surface area contributed by atoms with Gasteiger partial charge in [-0.2, -0.15) is 0 Å². The second-order valence-electron chi connectivity index (χ2n) is 7.18. The first kappa shape index (κ1) is 23.2. The van der Waals surface area contributed by atoms with Gasteiger partial charge in [0, 0.05) is 6.26 Å². The Kier molecular flexibility index (Phi) is 6.51. The Morgan fingerprint density at radius 1 is 1.19 bits per heavy atom. The standard InChI is InChI=1S/C21H22N2O8S/c1-3-31-17-9-12(7-8-16(17)25)15(11-32(2,29)30)23-20(27)13-5-4-6-14(19(13)21(23)28)22-18(26)10-24/h4-9,15,24-25H,3,10-11H2,1-2H3,(H,22,26)/t15-/m0/s1. The molecule has 0 saturated heterocycles. The number of aliphatic hydroxyl groups excluding tert-OH is 1. The lowest BCUT2D eigenvalue weighted by Crippen LogP contribution is -2.37. The van der Waals surface area contributed by atoms with Gasteiger partial charge in [-0.15, -0.1) is 0 Å². The molecular weight excluding hydrogens is 440 g/mol. The van der Waals surface area contributed by atoms with Crippen LogP contribution in [0.4, 0.5) is 5.69 Å². The lowest BCUT2D eigenvalue weighted by atomic mass is 10.1. The molecule has 0 aromatic heterocycles. The van der Waals surface area contributed by atoms with Gasteiger partial charge in [0.2, 0.25) is 5.91 Å². The number of imide groups is 1. The van der Waals surface area contributed by atoms with Crippen molar-refractivity contribution in [1.82, 2.24) is 4.90 Å². The van der Waals surface area contributed by atoms with Crippen molar-refractivity contribution in [3.05, 3.63) is 53.1 Å². The number of benzene rings is 2. The summed E-state index contributed by atoms with van der Waals surface area (Å²) in [5.74, 6) is -2.96. The maximum atomic E-state index is 13.3. The molecule has 1 aliphatic rings. The van der Waals surface area contributed by atoms with Crippen molar-refractivity contribution in [2.45, 2.75) is 13.0 Å². The number of nitrogens with one attached hydrogen (secondary N) is 1. The number of aliphatic hydroxyl groups is 1. The van der Waals surface area contributed by atoms with E-state index in [-0.39, 0.29) is 40.5 Å². The smallest absolute Gasteiger partial charge is 0.264 e. The minimum atomic E-state index is -3.66. The molecule has 1 aliphatic heterocycles. The number of rotatable bonds is 8. The van der Waals surface area contributed by atoms with Crippen LogP contribution in [0.3, 0.4) is 0 Å². The van der Waals surface area contributed by atoms with Crippen LogP contribution in [0, 0.1) is 0 Å². The molecule has 0 bridgehead atoms. The van der Waals surface area contributed by atoms with Gasteiger partial charge in [0.05, 0.1) is 35.2 Å². The van der Waals surface area contributed by atoms with Crippen LogP contribution in [-0.2, 0) is 14.6 Å². The Morgan fingerprint density at radius 2 is 1.91 bits per heavy atom. The third kappa shape index (κ3) is 4.58. The van der Waals surface area contributed by atoms with Crippen LogP contribution >= 0.6 is 0 Å². The van der Waals surface area contributed by atoms with Crippen molar-refractivity contribution in [2.75, 3.05) is 30.5 Å². The van der Waals surface area contributed by atoms with Gasteiger partial charge in [0.25, 0.3) is 11.8 Å². The van der Waals surface area contributed by atoms with Gasteiger partial charge in [-0.05, 0) is 36.8 Å². The van der Waals surface area contributed by atoms with Gasteiger partial charge in [-0.3, -0.25) is 19.3 Å². The van der Waals surface area contributed by atoms with Crippen LogP contribution in [0.2, 0.25) is 0 Å². The highest BCUT2D eigenvalue weighted by molar-refractivity contribution is 7.90. The summed E-state index contributed by atoms with van der Waals surface area (Å²) in [6.07, 6.45) is 0.981. The van der Waals surface area contributed by atoms with Crippen molar-refractivity contribution in [2.24, 2.45) is 0 Å². The van der Waals surface area contributed by atoms with Crippen LogP contribution in [0.5, 0.6) is 11.5 Å². The van der Waals surface area contributed by atoms with E-state index in [0.717, 1.165) is 11.2 Å². The number of sulfone groups is 1. The van der Waals surface area contributed by atoms with Gasteiger partial charge < -0.3 is 20.3 Å². The summed E-state index contributed by atoms with van der Waals surface area (Å²) in [4.78, 5) is 38.9. The molecule has 0 unspecified atom stereocenters. The molecular formula is C21H22N2O8S. The lowest BCUT2D eigenvalue weighted by molar-refractivity contribution is -0.118. The van der Waals surface area contributed by atoms with Gasteiger partial charge in [0.1, 0.15) is 16.4 Å². The number of aromatic hydroxyl groups is 1. The molecule has 1 heterocycles. The quantitative estimate of drug-likeness (QED) is 0.494. The fraction of sp³-hybridized carbons (Fsp3) is 0.286. The molecule has 2 aromatic rings. The highest BCUT2D eigenvalue weighted by Crippen LogP contribution is 2.38. The first-order chi connectivity index (χ1) is 15.1. The van der Waals surface area contributed by atoms with Crippen LogP contribution in [-0.4, -0.2) is 66.5 Å². The summed E-state index contributed by atoms with van der Waals surface area (Å²) in [6.45, 7) is 1.11. The first-order valence-electron chi connectivity index (χ1n) is 9.62. The van der Waals surface area contributed by atoms with Crippen molar-refractivity contribution in [3.8, 4) is 11.5 Å². The molecule has 0 radical (unpaired) electrons. The van der Waals surface area contributed by atoms with E-state index < -0.39 is 46.0 Å². The van der Waals surface area contributed by atoms with Crippen LogP contribution in [0.1, 0.15) is 39.2 Å². The summed E-state index contributed by atoms with van der Waals surface area (Å²) in [6, 6.07) is 7.13. The zero-order chi connectivity index (χ0) is 23.6. The van der Waals surface area contributed by atoms with Crippen LogP contribution in [0.25, 0.3) is 0 Å². The number of hydrogen-bond donors (Lipinski definition) is 3. The summed E-state index contributed by atoms with van der Waals surface area (Å²) in [5.41, 5.74) is 0.197. The molecule has 32 heavy (non-hydrogen) atoms. The molecule has 0 aliphatic carbocycles. The lowest BCUT2D eigenvalue weighted by Gasteiger charge is -2.26. The third-order valence-electron chi connectivity index (χ3n) is 4.80. The van der Waals surface area contributed by atoms with E-state index >= 15 is 0 Å². The number of hydrogen-bond acceptors (Lipinski definition) is 8. The second kappa shape index (κ2) is 8.97. The largest absolute Gasteiger partial charge is 0.504 e. The topological polar surface area (TPSA) is 150 Å². The number of nitrogens with zero attached hydrogens (tertiary/aromatic N) is 1. The molecule has 0 spiro atoms. The maximum Gasteiger partial charge on any atom is 0.264 e. The Hall–Kier alpha value is -3.44. The first-order valence-corrected chi connectivity index (χ1v) is 11.7. The third-order valence-corrected chi connectivity index (χ3v) is 5.73. The van der Waals surface area contributed by atoms with Gasteiger partial charge >= 0.3 is 0 Å². The molecule has 170 valence electrons. The Balaban J connectivity index is 2.11. The molecule has 2 aromatic carbocycles. The van der Waals surface area contributed by atoms with E-state index in [1.807, 2.05) is 0 Å². The molecule has 11 heteroatoms. The molecule has 10 nitrogen and oxygen atoms in total. The zero-order valence-corrected chi connectivity index (χ0v) is 18.2. The zero-order valence-electron chi connectivity index (χ0n) is 17.4. The van der Waals surface area contributed by atoms with Crippen LogP contribution in [0.15, 0.2) is 36.4 Å². The number of carbonyl (C=O) groups excluding carboxylic acids is 3. The summed E-state index contributed by atoms with van der Waals surface area (Å²) < 4.78 is 29.7. The second-order valence-corrected chi connectivity index (χ2v) is 9.37. The maximum absolute atomic E-state index is 13.3. The Labute approximate surface area is 184 Å². The van der Waals surface area contributed by atoms with E-state index in [4.69, 9.17) is 9.84 Å². The monoisotopic (exact) mass is 462 g/mol. The molecule has 1 atom stereocenters. The minimum absolute atomic E-state index is 0.00643. The number of fused-ring (bicyclic) bond motifs is 1. The number of amides is 3. The molecule has 3 N–H and O–H groups in total. The van der Waals surface area contributed by atoms with Gasteiger partial charge in [-0.1, -0.05) is 12.1 Å². The number of phenolic OH excluding ortho intramolecular Hbond substituents is 1. The highest BCUT2D eigenvalue weighted by atomic mass is 32.2. The fourth-order valence-corrected chi connectivity index (χ4v) is 4.41. The van der Waals surface area contributed by atoms with E-state index in [1.165, 1.54) is 36.4 Å². The van der Waals surface area contributed by atoms with E-state index in [0.29, 0.717) is 0 Å². The normalized spacial score (nSPS) is 14.3. The van der Waals surface area contributed by atoms with Gasteiger partial charge in [0.15, 0.2) is 11.5 Å². The number of anilines is 1. The van der Waals surface area contributed by atoms with Crippen molar-refractivity contribution in [1.29, 1.82) is 0 Å². The van der Waals surface area contributed by atoms with Crippen molar-refractivity contribution >= 4 is 33.2 Å². The summed E-state index contributed by atoms with van der Waals surface area (Å²) in [7, 11) is -3.66. The Morgan fingerprint density at radius 3 is 2.53 bits per heavy atom. The predicted molar refractivity (Wildman–Crippen MR) is 114 cm³/mol. The summed E-state index contributed by atoms with van der Waals surface area (Å²) >= 11 is 0. The molecule has 3 rings (SSSR count). The molecule has 0 saturated carbocycles. The number of phenols is 1. The van der Waals surface area contributed by atoms with Crippen LogP contribution < -0.4 is 10.1 Å². The Bertz CT molecular complexity index is 1190. The number of carbonyl (C=O) groups is 3. The average Bonchev–Trinajstić information content (AvgIpc) is 2.98. The highest BCUT2D eigenvalue weighted by Gasteiger charge is 2.43. The van der Waals surface area contributed by atoms with Crippen molar-refractivity contribution in [3.63, 3.8) is 0 Å². The summed E-state index contributed by atoms with van der Waals surface area (Å²) in [5, 5.41) is 21.3. The van der Waals surface area contributed by atoms with E-state index in [9.17, 15) is 27.9 Å². The minimum Gasteiger partial charge on any atom is -0.504 e. The molecule has 0 fully saturated rings. The molecule has 3 amide bonds. The van der Waals surface area contributed by atoms with Gasteiger partial charge in [-0.25, -0.2) is 8.42 Å². The SMILES string of the molecule is CCOc1cc([C@H](CS(C)(=O)=O)N2C(=O)c3cccc(NC(=O)CO)c3C2=O)ccc1O. The van der Waals surface area contributed by atoms with Crippen molar-refractivity contribution < 1.29 is 37.8 Å². The van der Waals surface area contributed by atoms with E-state index in [2.05, 4.69) is 5.32 Å².